The van der Waals surface area contributed by atoms with Gasteiger partial charge in [-0.2, -0.15) is 0 Å². The fourth-order valence-electron chi connectivity index (χ4n) is 2.69. The SMILES string of the molecule is CC[C@@H](Oc1ccc(Cl)c(C)c1)C(=O)NCCOc1ccc(C(C)(C)C)cc1. The highest BCUT2D eigenvalue weighted by Crippen LogP contribution is 2.24. The molecule has 4 nitrogen and oxygen atoms in total. The molecule has 1 atom stereocenters. The zero-order chi connectivity index (χ0) is 20.7. The summed E-state index contributed by atoms with van der Waals surface area (Å²) in [5.74, 6) is 1.28. The van der Waals surface area contributed by atoms with E-state index in [1.54, 1.807) is 12.1 Å². The monoisotopic (exact) mass is 403 g/mol. The molecule has 2 rings (SSSR count). The molecule has 0 bridgehead atoms. The van der Waals surface area contributed by atoms with Crippen molar-refractivity contribution in [1.82, 2.24) is 5.32 Å². The Bertz CT molecular complexity index is 781. The first-order chi connectivity index (χ1) is 13.2. The minimum absolute atomic E-state index is 0.115. The predicted octanol–water partition coefficient (Wildman–Crippen LogP) is 5.30. The number of halogens is 1. The second kappa shape index (κ2) is 9.83. The zero-order valence-electron chi connectivity index (χ0n) is 17.3. The number of carbonyl (C=O) groups is 1. The van der Waals surface area contributed by atoms with Crippen molar-refractivity contribution in [1.29, 1.82) is 0 Å². The fourth-order valence-corrected chi connectivity index (χ4v) is 2.80. The van der Waals surface area contributed by atoms with Crippen molar-refractivity contribution >= 4 is 17.5 Å². The van der Waals surface area contributed by atoms with Gasteiger partial charge in [-0.05, 0) is 60.2 Å². The summed E-state index contributed by atoms with van der Waals surface area (Å²) in [5, 5.41) is 3.55. The minimum atomic E-state index is -0.549. The van der Waals surface area contributed by atoms with Gasteiger partial charge >= 0.3 is 0 Å². The van der Waals surface area contributed by atoms with Gasteiger partial charge in [-0.3, -0.25) is 4.79 Å². The van der Waals surface area contributed by atoms with E-state index >= 15 is 0 Å². The number of nitrogens with one attached hydrogen (secondary N) is 1. The molecule has 0 saturated heterocycles. The van der Waals surface area contributed by atoms with Crippen LogP contribution in [0.1, 0.15) is 45.2 Å². The van der Waals surface area contributed by atoms with Gasteiger partial charge in [0.2, 0.25) is 0 Å². The molecule has 0 spiro atoms. The van der Waals surface area contributed by atoms with E-state index in [1.165, 1.54) is 5.56 Å². The van der Waals surface area contributed by atoms with Crippen LogP contribution in [0, 0.1) is 6.92 Å². The van der Waals surface area contributed by atoms with Crippen LogP contribution >= 0.6 is 11.6 Å². The van der Waals surface area contributed by atoms with E-state index in [-0.39, 0.29) is 11.3 Å². The molecule has 0 unspecified atom stereocenters. The molecule has 0 aromatic heterocycles. The highest BCUT2D eigenvalue weighted by molar-refractivity contribution is 6.31. The van der Waals surface area contributed by atoms with Gasteiger partial charge in [0.1, 0.15) is 18.1 Å². The highest BCUT2D eigenvalue weighted by Gasteiger charge is 2.18. The van der Waals surface area contributed by atoms with Crippen LogP contribution in [0.2, 0.25) is 5.02 Å². The maximum atomic E-state index is 12.4. The van der Waals surface area contributed by atoms with Crippen molar-refractivity contribution < 1.29 is 14.3 Å². The zero-order valence-corrected chi connectivity index (χ0v) is 18.1. The lowest BCUT2D eigenvalue weighted by molar-refractivity contribution is -0.128. The third-order valence-electron chi connectivity index (χ3n) is 4.46. The average Bonchev–Trinajstić information content (AvgIpc) is 2.65. The third-order valence-corrected chi connectivity index (χ3v) is 4.89. The van der Waals surface area contributed by atoms with E-state index in [2.05, 4.69) is 38.2 Å². The van der Waals surface area contributed by atoms with Gasteiger partial charge in [0.25, 0.3) is 5.91 Å². The Morgan fingerprint density at radius 1 is 1.11 bits per heavy atom. The van der Waals surface area contributed by atoms with Crippen molar-refractivity contribution in [2.45, 2.75) is 52.6 Å². The summed E-state index contributed by atoms with van der Waals surface area (Å²) in [4.78, 5) is 12.4. The lowest BCUT2D eigenvalue weighted by atomic mass is 9.87. The van der Waals surface area contributed by atoms with Crippen molar-refractivity contribution in [2.75, 3.05) is 13.2 Å². The predicted molar refractivity (Wildman–Crippen MR) is 115 cm³/mol. The number of carbonyl (C=O) groups excluding carboxylic acids is 1. The van der Waals surface area contributed by atoms with Crippen LogP contribution in [0.3, 0.4) is 0 Å². The van der Waals surface area contributed by atoms with Gasteiger partial charge in [0, 0.05) is 5.02 Å². The molecule has 0 fully saturated rings. The molecule has 5 heteroatoms. The molecule has 0 aliphatic rings. The molecule has 0 aliphatic carbocycles. The van der Waals surface area contributed by atoms with Crippen molar-refractivity contribution in [2.24, 2.45) is 0 Å². The summed E-state index contributed by atoms with van der Waals surface area (Å²) in [5.41, 5.74) is 2.29. The first kappa shape index (κ1) is 22.1. The van der Waals surface area contributed by atoms with E-state index in [1.807, 2.05) is 32.0 Å². The molecule has 152 valence electrons. The summed E-state index contributed by atoms with van der Waals surface area (Å²) in [6, 6.07) is 13.5. The molecule has 2 aromatic rings. The van der Waals surface area contributed by atoms with E-state index in [9.17, 15) is 4.79 Å². The van der Waals surface area contributed by atoms with Crippen LogP contribution in [0.15, 0.2) is 42.5 Å². The first-order valence-electron chi connectivity index (χ1n) is 9.64. The maximum absolute atomic E-state index is 12.4. The largest absolute Gasteiger partial charge is 0.492 e. The summed E-state index contributed by atoms with van der Waals surface area (Å²) in [7, 11) is 0. The quantitative estimate of drug-likeness (QED) is 0.608. The Morgan fingerprint density at radius 3 is 2.32 bits per heavy atom. The molecular formula is C23H30ClNO3. The number of amides is 1. The Kier molecular flexibility index (Phi) is 7.76. The van der Waals surface area contributed by atoms with Crippen LogP contribution in [0.5, 0.6) is 11.5 Å². The molecule has 1 N–H and O–H groups in total. The average molecular weight is 404 g/mol. The fraction of sp³-hybridized carbons (Fsp3) is 0.435. The smallest absolute Gasteiger partial charge is 0.261 e. The highest BCUT2D eigenvalue weighted by atomic mass is 35.5. The second-order valence-electron chi connectivity index (χ2n) is 7.84. The second-order valence-corrected chi connectivity index (χ2v) is 8.25. The number of benzene rings is 2. The van der Waals surface area contributed by atoms with Crippen molar-refractivity contribution in [3.8, 4) is 11.5 Å². The number of rotatable bonds is 8. The summed E-state index contributed by atoms with van der Waals surface area (Å²) in [6.45, 7) is 11.2. The van der Waals surface area contributed by atoms with Crippen LogP contribution in [0.25, 0.3) is 0 Å². The van der Waals surface area contributed by atoms with E-state index in [0.29, 0.717) is 30.3 Å². The Balaban J connectivity index is 1.79. The Hall–Kier alpha value is -2.20. The molecule has 0 heterocycles. The molecule has 0 saturated carbocycles. The standard InChI is InChI=1S/C23H30ClNO3/c1-6-21(28-19-11-12-20(24)16(2)15-19)22(26)25-13-14-27-18-9-7-17(8-10-18)23(3,4)5/h7-12,15,21H,6,13-14H2,1-5H3,(H,25,26)/t21-/m1/s1. The molecule has 0 radical (unpaired) electrons. The minimum Gasteiger partial charge on any atom is -0.492 e. The van der Waals surface area contributed by atoms with Crippen LogP contribution in [-0.4, -0.2) is 25.2 Å². The topological polar surface area (TPSA) is 47.6 Å². The molecular weight excluding hydrogens is 374 g/mol. The lowest BCUT2D eigenvalue weighted by Gasteiger charge is -2.19. The van der Waals surface area contributed by atoms with Gasteiger partial charge in [-0.25, -0.2) is 0 Å². The first-order valence-corrected chi connectivity index (χ1v) is 10.0. The van der Waals surface area contributed by atoms with Crippen LogP contribution in [0.4, 0.5) is 0 Å². The van der Waals surface area contributed by atoms with Gasteiger partial charge in [0.05, 0.1) is 6.54 Å². The van der Waals surface area contributed by atoms with E-state index in [0.717, 1.165) is 11.3 Å². The van der Waals surface area contributed by atoms with E-state index < -0.39 is 6.10 Å². The molecule has 28 heavy (non-hydrogen) atoms. The summed E-state index contributed by atoms with van der Waals surface area (Å²) in [6.07, 6.45) is 0.0227. The molecule has 2 aromatic carbocycles. The van der Waals surface area contributed by atoms with Gasteiger partial charge < -0.3 is 14.8 Å². The molecule has 1 amide bonds. The summed E-state index contributed by atoms with van der Waals surface area (Å²) >= 11 is 6.03. The number of ether oxygens (including phenoxy) is 2. The van der Waals surface area contributed by atoms with Crippen molar-refractivity contribution in [3.63, 3.8) is 0 Å². The number of hydrogen-bond donors (Lipinski definition) is 1. The normalized spacial score (nSPS) is 12.4. The number of hydrogen-bond acceptors (Lipinski definition) is 3. The Morgan fingerprint density at radius 2 is 1.75 bits per heavy atom. The molecule has 0 aliphatic heterocycles. The van der Waals surface area contributed by atoms with Crippen LogP contribution < -0.4 is 14.8 Å². The van der Waals surface area contributed by atoms with Gasteiger partial charge in [-0.1, -0.05) is 51.4 Å². The maximum Gasteiger partial charge on any atom is 0.261 e. The van der Waals surface area contributed by atoms with E-state index in [4.69, 9.17) is 21.1 Å². The number of aryl methyl sites for hydroxylation is 1. The van der Waals surface area contributed by atoms with Crippen molar-refractivity contribution in [3.05, 3.63) is 58.6 Å². The van der Waals surface area contributed by atoms with Gasteiger partial charge in [-0.15, -0.1) is 0 Å². The Labute approximate surface area is 173 Å². The third kappa shape index (κ3) is 6.45. The lowest BCUT2D eigenvalue weighted by Crippen LogP contribution is -2.39. The van der Waals surface area contributed by atoms with Gasteiger partial charge in [0.15, 0.2) is 6.10 Å². The summed E-state index contributed by atoms with van der Waals surface area (Å²) < 4.78 is 11.5. The van der Waals surface area contributed by atoms with Crippen LogP contribution in [-0.2, 0) is 10.2 Å².